The Bertz CT molecular complexity index is 593. The van der Waals surface area contributed by atoms with E-state index in [-0.39, 0.29) is 0 Å². The lowest BCUT2D eigenvalue weighted by atomic mass is 10.2. The van der Waals surface area contributed by atoms with Gasteiger partial charge in [-0.05, 0) is 43.7 Å². The zero-order valence-corrected chi connectivity index (χ0v) is 13.0. The van der Waals surface area contributed by atoms with E-state index >= 15 is 0 Å². The van der Waals surface area contributed by atoms with E-state index in [2.05, 4.69) is 35.9 Å². The Hall–Kier alpha value is -0.670. The molecule has 4 heteroatoms. The van der Waals surface area contributed by atoms with E-state index in [9.17, 15) is 0 Å². The van der Waals surface area contributed by atoms with Crippen LogP contribution in [0.5, 0.6) is 0 Å². The van der Waals surface area contributed by atoms with Gasteiger partial charge in [-0.15, -0.1) is 11.6 Å². The summed E-state index contributed by atoms with van der Waals surface area (Å²) in [6.07, 6.45) is 6.07. The first-order valence-corrected chi connectivity index (χ1v) is 8.63. The maximum absolute atomic E-state index is 6.12. The number of benzene rings is 1. The molecule has 0 N–H and O–H groups in total. The number of hydrogen-bond donors (Lipinski definition) is 0. The van der Waals surface area contributed by atoms with Gasteiger partial charge < -0.3 is 4.57 Å². The van der Waals surface area contributed by atoms with E-state index in [0.717, 1.165) is 11.3 Å². The Morgan fingerprint density at radius 2 is 2.26 bits per heavy atom. The van der Waals surface area contributed by atoms with Crippen molar-refractivity contribution < 1.29 is 0 Å². The molecule has 0 saturated heterocycles. The summed E-state index contributed by atoms with van der Waals surface area (Å²) in [6, 6.07) is 7.03. The molecule has 19 heavy (non-hydrogen) atoms. The monoisotopic (exact) mass is 294 g/mol. The van der Waals surface area contributed by atoms with Crippen LogP contribution in [0.15, 0.2) is 18.2 Å². The summed E-state index contributed by atoms with van der Waals surface area (Å²) >= 11 is 8.10. The second-order valence-corrected chi connectivity index (χ2v) is 6.64. The van der Waals surface area contributed by atoms with Crippen LogP contribution in [0.25, 0.3) is 11.0 Å². The quantitative estimate of drug-likeness (QED) is 0.774. The molecule has 3 rings (SSSR count). The van der Waals surface area contributed by atoms with Gasteiger partial charge in [-0.25, -0.2) is 4.98 Å². The third-order valence-corrected chi connectivity index (χ3v) is 5.48. The Labute approximate surface area is 123 Å². The highest BCUT2D eigenvalue weighted by Gasteiger charge is 2.30. The van der Waals surface area contributed by atoms with Gasteiger partial charge in [-0.2, -0.15) is 11.8 Å². The second kappa shape index (κ2) is 5.37. The van der Waals surface area contributed by atoms with Crippen molar-refractivity contribution in [2.75, 3.05) is 6.26 Å². The van der Waals surface area contributed by atoms with Crippen molar-refractivity contribution in [2.24, 2.45) is 0 Å². The van der Waals surface area contributed by atoms with E-state index in [1.165, 1.54) is 30.3 Å². The Balaban J connectivity index is 2.17. The number of imidazole rings is 1. The van der Waals surface area contributed by atoms with Gasteiger partial charge >= 0.3 is 0 Å². The standard InChI is InChI=1S/C15H19ClN2S/c1-10-6-7-11-13(8-10)18(15(9-16)17-11)12-4-3-5-14(12)19-2/h6-8,12,14H,3-5,9H2,1-2H3. The molecule has 1 aromatic heterocycles. The van der Waals surface area contributed by atoms with Crippen molar-refractivity contribution >= 4 is 34.4 Å². The van der Waals surface area contributed by atoms with Gasteiger partial charge in [0.05, 0.1) is 16.9 Å². The van der Waals surface area contributed by atoms with Gasteiger partial charge in [0, 0.05) is 11.3 Å². The van der Waals surface area contributed by atoms with E-state index in [1.54, 1.807) is 0 Å². The summed E-state index contributed by atoms with van der Waals surface area (Å²) in [4.78, 5) is 4.71. The molecule has 2 unspecified atom stereocenters. The summed E-state index contributed by atoms with van der Waals surface area (Å²) in [5.74, 6) is 1.51. The van der Waals surface area contributed by atoms with Crippen molar-refractivity contribution in [3.05, 3.63) is 29.6 Å². The first kappa shape index (κ1) is 13.3. The molecule has 0 radical (unpaired) electrons. The van der Waals surface area contributed by atoms with Crippen molar-refractivity contribution in [1.82, 2.24) is 9.55 Å². The summed E-state index contributed by atoms with van der Waals surface area (Å²) in [7, 11) is 0. The SMILES string of the molecule is CSC1CCCC1n1c(CCl)nc2ccc(C)cc21. The number of alkyl halides is 1. The molecule has 2 aromatic rings. The summed E-state index contributed by atoms with van der Waals surface area (Å²) in [5, 5.41) is 0.694. The molecule has 0 aliphatic heterocycles. The van der Waals surface area contributed by atoms with Gasteiger partial charge in [0.1, 0.15) is 5.82 Å². The highest BCUT2D eigenvalue weighted by atomic mass is 35.5. The maximum Gasteiger partial charge on any atom is 0.125 e. The minimum Gasteiger partial charge on any atom is -0.323 e. The zero-order valence-electron chi connectivity index (χ0n) is 11.4. The smallest absolute Gasteiger partial charge is 0.125 e. The van der Waals surface area contributed by atoms with Crippen LogP contribution in [0, 0.1) is 6.92 Å². The van der Waals surface area contributed by atoms with E-state index in [4.69, 9.17) is 16.6 Å². The van der Waals surface area contributed by atoms with Crippen molar-refractivity contribution in [3.8, 4) is 0 Å². The van der Waals surface area contributed by atoms with E-state index in [1.807, 2.05) is 11.8 Å². The van der Waals surface area contributed by atoms with Crippen LogP contribution < -0.4 is 0 Å². The molecular formula is C15H19ClN2S. The highest BCUT2D eigenvalue weighted by Crippen LogP contribution is 2.40. The van der Waals surface area contributed by atoms with Crippen LogP contribution >= 0.6 is 23.4 Å². The fourth-order valence-corrected chi connectivity index (χ4v) is 4.36. The van der Waals surface area contributed by atoms with Crippen molar-refractivity contribution in [3.63, 3.8) is 0 Å². The molecule has 102 valence electrons. The lowest BCUT2D eigenvalue weighted by Crippen LogP contribution is -2.17. The van der Waals surface area contributed by atoms with Crippen molar-refractivity contribution in [1.29, 1.82) is 0 Å². The minimum absolute atomic E-state index is 0.491. The predicted molar refractivity (Wildman–Crippen MR) is 84.2 cm³/mol. The zero-order chi connectivity index (χ0) is 13.4. The Kier molecular flexibility index (Phi) is 3.77. The largest absolute Gasteiger partial charge is 0.323 e. The molecule has 0 amide bonds. The minimum atomic E-state index is 0.491. The summed E-state index contributed by atoms with van der Waals surface area (Å²) < 4.78 is 2.41. The first-order valence-electron chi connectivity index (χ1n) is 6.81. The lowest BCUT2D eigenvalue weighted by Gasteiger charge is -2.22. The molecule has 2 nitrogen and oxygen atoms in total. The predicted octanol–water partition coefficient (Wildman–Crippen LogP) is 4.54. The number of aryl methyl sites for hydroxylation is 1. The van der Waals surface area contributed by atoms with Gasteiger partial charge in [-0.1, -0.05) is 12.5 Å². The molecule has 1 heterocycles. The molecule has 2 atom stereocenters. The Morgan fingerprint density at radius 3 is 3.00 bits per heavy atom. The van der Waals surface area contributed by atoms with Gasteiger partial charge in [0.2, 0.25) is 0 Å². The van der Waals surface area contributed by atoms with E-state index in [0.29, 0.717) is 17.2 Å². The number of aromatic nitrogens is 2. The highest BCUT2D eigenvalue weighted by molar-refractivity contribution is 7.99. The van der Waals surface area contributed by atoms with Crippen LogP contribution in [0.1, 0.15) is 36.7 Å². The van der Waals surface area contributed by atoms with Gasteiger partial charge in [-0.3, -0.25) is 0 Å². The van der Waals surface area contributed by atoms with Gasteiger partial charge in [0.25, 0.3) is 0 Å². The first-order chi connectivity index (χ1) is 9.24. The normalized spacial score (nSPS) is 23.3. The number of halogens is 1. The van der Waals surface area contributed by atoms with Crippen LogP contribution in [-0.4, -0.2) is 21.1 Å². The Morgan fingerprint density at radius 1 is 1.42 bits per heavy atom. The number of fused-ring (bicyclic) bond motifs is 1. The third-order valence-electron chi connectivity index (χ3n) is 4.09. The van der Waals surface area contributed by atoms with Crippen LogP contribution in [0.3, 0.4) is 0 Å². The van der Waals surface area contributed by atoms with Crippen LogP contribution in [-0.2, 0) is 5.88 Å². The fraction of sp³-hybridized carbons (Fsp3) is 0.533. The molecule has 0 bridgehead atoms. The summed E-state index contributed by atoms with van der Waals surface area (Å²) in [6.45, 7) is 2.14. The third kappa shape index (κ3) is 2.27. The molecule has 1 aliphatic carbocycles. The summed E-state index contributed by atoms with van der Waals surface area (Å²) in [5.41, 5.74) is 3.61. The molecule has 1 fully saturated rings. The van der Waals surface area contributed by atoms with Crippen LogP contribution in [0.4, 0.5) is 0 Å². The molecule has 1 aromatic carbocycles. The number of hydrogen-bond acceptors (Lipinski definition) is 2. The maximum atomic E-state index is 6.12. The topological polar surface area (TPSA) is 17.8 Å². The van der Waals surface area contributed by atoms with E-state index < -0.39 is 0 Å². The van der Waals surface area contributed by atoms with Crippen molar-refractivity contribution in [2.45, 2.75) is 43.4 Å². The van der Waals surface area contributed by atoms with Crippen LogP contribution in [0.2, 0.25) is 0 Å². The van der Waals surface area contributed by atoms with Gasteiger partial charge in [0.15, 0.2) is 0 Å². The number of rotatable bonds is 3. The molecule has 1 saturated carbocycles. The molecule has 1 aliphatic rings. The average Bonchev–Trinajstić information content (AvgIpc) is 3.00. The lowest BCUT2D eigenvalue weighted by molar-refractivity contribution is 0.528. The molecular weight excluding hydrogens is 276 g/mol. The second-order valence-electron chi connectivity index (χ2n) is 5.30. The average molecular weight is 295 g/mol. The fourth-order valence-electron chi connectivity index (χ4n) is 3.19. The molecule has 0 spiro atoms. The number of nitrogens with zero attached hydrogens (tertiary/aromatic N) is 2. The number of thioether (sulfide) groups is 1.